The molecule has 0 amide bonds. The van der Waals surface area contributed by atoms with E-state index in [0.717, 1.165) is 5.92 Å². The predicted molar refractivity (Wildman–Crippen MR) is 131 cm³/mol. The van der Waals surface area contributed by atoms with Gasteiger partial charge in [-0.2, -0.15) is 0 Å². The van der Waals surface area contributed by atoms with Crippen LogP contribution in [-0.2, 0) is 0 Å². The van der Waals surface area contributed by atoms with Crippen LogP contribution in [0.5, 0.6) is 0 Å². The molecule has 1 N–H and O–H groups in total. The zero-order valence-corrected chi connectivity index (χ0v) is 22.1. The van der Waals surface area contributed by atoms with E-state index in [0.29, 0.717) is 17.8 Å². The Balaban J connectivity index is 3.60. The standard InChI is InChI=1S/C26H51NSi/c1-12-15-19(4)22-18-23(20(5)16-13-2)25(24(22)21(6)17-14-3)28(10,11)27-26(7,8)9/h18-21,23,27H,12-17H2,1-11H3. The Hall–Kier alpha value is -0.343. The number of nitrogens with one attached hydrogen (secondary N) is 1. The molecule has 28 heavy (non-hydrogen) atoms. The van der Waals surface area contributed by atoms with Crippen LogP contribution in [-0.4, -0.2) is 13.8 Å². The van der Waals surface area contributed by atoms with Crippen molar-refractivity contribution < 1.29 is 0 Å². The highest BCUT2D eigenvalue weighted by Crippen LogP contribution is 2.48. The molecular formula is C26H51NSi. The van der Waals surface area contributed by atoms with Crippen LogP contribution in [0, 0.1) is 23.7 Å². The van der Waals surface area contributed by atoms with Crippen molar-refractivity contribution in [2.45, 2.75) is 119 Å². The molecule has 2 heteroatoms. The maximum Gasteiger partial charge on any atom is 0.148 e. The van der Waals surface area contributed by atoms with Crippen LogP contribution in [0.15, 0.2) is 22.4 Å². The third-order valence-corrected chi connectivity index (χ3v) is 9.80. The molecule has 0 aromatic carbocycles. The molecular weight excluding hydrogens is 354 g/mol. The quantitative estimate of drug-likeness (QED) is 0.341. The van der Waals surface area contributed by atoms with Gasteiger partial charge in [0.15, 0.2) is 0 Å². The fraction of sp³-hybridized carbons (Fsp3) is 0.846. The van der Waals surface area contributed by atoms with Crippen molar-refractivity contribution in [3.05, 3.63) is 22.4 Å². The first-order valence-electron chi connectivity index (χ1n) is 12.1. The normalized spacial score (nSPS) is 21.7. The first-order chi connectivity index (χ1) is 12.9. The predicted octanol–water partition coefficient (Wildman–Crippen LogP) is 8.28. The van der Waals surface area contributed by atoms with Crippen LogP contribution >= 0.6 is 0 Å². The van der Waals surface area contributed by atoms with Crippen LogP contribution in [0.25, 0.3) is 0 Å². The average molecular weight is 406 g/mol. The lowest BCUT2D eigenvalue weighted by molar-refractivity contribution is 0.444. The Morgan fingerprint density at radius 2 is 1.39 bits per heavy atom. The molecule has 0 aromatic heterocycles. The molecule has 0 heterocycles. The molecule has 0 radical (unpaired) electrons. The number of hydrogen-bond donors (Lipinski definition) is 1. The minimum absolute atomic E-state index is 0.165. The summed E-state index contributed by atoms with van der Waals surface area (Å²) in [7, 11) is -1.75. The lowest BCUT2D eigenvalue weighted by Crippen LogP contribution is -2.57. The minimum Gasteiger partial charge on any atom is -0.329 e. The van der Waals surface area contributed by atoms with Crippen LogP contribution in [0.3, 0.4) is 0 Å². The summed E-state index contributed by atoms with van der Waals surface area (Å²) in [6, 6.07) is 0. The van der Waals surface area contributed by atoms with Gasteiger partial charge in [0, 0.05) is 5.54 Å². The molecule has 0 bridgehead atoms. The van der Waals surface area contributed by atoms with Gasteiger partial charge < -0.3 is 4.98 Å². The molecule has 1 nitrogen and oxygen atoms in total. The Kier molecular flexibility index (Phi) is 9.74. The highest BCUT2D eigenvalue weighted by Gasteiger charge is 2.43. The molecule has 1 rings (SSSR count). The highest BCUT2D eigenvalue weighted by atomic mass is 28.3. The van der Waals surface area contributed by atoms with Gasteiger partial charge in [0.05, 0.1) is 0 Å². The summed E-state index contributed by atoms with van der Waals surface area (Å²) in [5.41, 5.74) is 3.64. The lowest BCUT2D eigenvalue weighted by Gasteiger charge is -2.40. The molecule has 164 valence electrons. The second-order valence-corrected chi connectivity index (χ2v) is 15.2. The van der Waals surface area contributed by atoms with Crippen molar-refractivity contribution in [3.8, 4) is 0 Å². The van der Waals surface area contributed by atoms with Crippen LogP contribution < -0.4 is 4.98 Å². The first-order valence-corrected chi connectivity index (χ1v) is 15.1. The SMILES string of the molecule is CCCC(C)C1=CC(C(C)CCC)C([Si](C)(C)NC(C)(C)C)=C1C(C)CCC. The molecule has 0 aromatic rings. The van der Waals surface area contributed by atoms with Gasteiger partial charge in [-0.25, -0.2) is 0 Å². The summed E-state index contributed by atoms with van der Waals surface area (Å²) in [4.78, 5) is 4.13. The van der Waals surface area contributed by atoms with Crippen molar-refractivity contribution >= 4 is 8.24 Å². The number of hydrogen-bond acceptors (Lipinski definition) is 1. The van der Waals surface area contributed by atoms with Gasteiger partial charge in [-0.1, -0.05) is 91.6 Å². The van der Waals surface area contributed by atoms with E-state index in [4.69, 9.17) is 0 Å². The van der Waals surface area contributed by atoms with E-state index in [-0.39, 0.29) is 5.54 Å². The molecule has 1 aliphatic rings. The zero-order valence-electron chi connectivity index (χ0n) is 21.1. The van der Waals surface area contributed by atoms with Gasteiger partial charge in [0.25, 0.3) is 0 Å². The van der Waals surface area contributed by atoms with Crippen molar-refractivity contribution in [2.75, 3.05) is 0 Å². The van der Waals surface area contributed by atoms with Crippen molar-refractivity contribution in [3.63, 3.8) is 0 Å². The molecule has 0 spiro atoms. The Morgan fingerprint density at radius 3 is 1.86 bits per heavy atom. The van der Waals surface area contributed by atoms with Gasteiger partial charge in [0.2, 0.25) is 0 Å². The largest absolute Gasteiger partial charge is 0.329 e. The average Bonchev–Trinajstić information content (AvgIpc) is 2.95. The van der Waals surface area contributed by atoms with Crippen molar-refractivity contribution in [1.82, 2.24) is 4.98 Å². The van der Waals surface area contributed by atoms with Crippen molar-refractivity contribution in [1.29, 1.82) is 0 Å². The summed E-state index contributed by atoms with van der Waals surface area (Å²) >= 11 is 0. The Labute approximate surface area is 178 Å². The van der Waals surface area contributed by atoms with E-state index in [2.05, 4.69) is 86.5 Å². The summed E-state index contributed by atoms with van der Waals surface area (Å²) in [6.45, 7) is 26.7. The van der Waals surface area contributed by atoms with E-state index in [1.165, 1.54) is 38.5 Å². The fourth-order valence-corrected chi connectivity index (χ4v) is 9.96. The summed E-state index contributed by atoms with van der Waals surface area (Å²) < 4.78 is 0. The summed E-state index contributed by atoms with van der Waals surface area (Å²) in [6.07, 6.45) is 10.5. The minimum atomic E-state index is -1.75. The maximum atomic E-state index is 4.13. The topological polar surface area (TPSA) is 12.0 Å². The van der Waals surface area contributed by atoms with E-state index >= 15 is 0 Å². The Bertz CT molecular complexity index is 549. The zero-order chi connectivity index (χ0) is 21.7. The van der Waals surface area contributed by atoms with Crippen LogP contribution in [0.1, 0.15) is 101 Å². The van der Waals surface area contributed by atoms with E-state index in [9.17, 15) is 0 Å². The summed E-state index contributed by atoms with van der Waals surface area (Å²) in [5.74, 6) is 2.74. The molecule has 1 aliphatic carbocycles. The third-order valence-electron chi connectivity index (χ3n) is 6.48. The van der Waals surface area contributed by atoms with E-state index in [1.807, 2.05) is 5.20 Å². The van der Waals surface area contributed by atoms with E-state index < -0.39 is 8.24 Å². The maximum absolute atomic E-state index is 4.13. The highest BCUT2D eigenvalue weighted by molar-refractivity contribution is 6.82. The van der Waals surface area contributed by atoms with Gasteiger partial charge in [-0.3, -0.25) is 0 Å². The fourth-order valence-electron chi connectivity index (χ4n) is 5.69. The first kappa shape index (κ1) is 25.7. The van der Waals surface area contributed by atoms with Gasteiger partial charge in [0.1, 0.15) is 8.24 Å². The second-order valence-electron chi connectivity index (χ2n) is 11.1. The lowest BCUT2D eigenvalue weighted by atomic mass is 9.85. The smallest absolute Gasteiger partial charge is 0.148 e. The molecule has 0 aliphatic heterocycles. The van der Waals surface area contributed by atoms with Crippen LogP contribution in [0.4, 0.5) is 0 Å². The molecule has 4 unspecified atom stereocenters. The molecule has 0 saturated carbocycles. The third kappa shape index (κ3) is 6.59. The second kappa shape index (κ2) is 10.6. The molecule has 4 atom stereocenters. The molecule has 0 saturated heterocycles. The van der Waals surface area contributed by atoms with Crippen LogP contribution in [0.2, 0.25) is 13.1 Å². The number of allylic oxidation sites excluding steroid dienone is 4. The monoisotopic (exact) mass is 405 g/mol. The van der Waals surface area contributed by atoms with Crippen molar-refractivity contribution in [2.24, 2.45) is 23.7 Å². The van der Waals surface area contributed by atoms with Gasteiger partial charge >= 0.3 is 0 Å². The molecule has 0 fully saturated rings. The van der Waals surface area contributed by atoms with Gasteiger partial charge in [-0.05, 0) is 68.4 Å². The summed E-state index contributed by atoms with van der Waals surface area (Å²) in [5, 5.41) is 1.84. The Morgan fingerprint density at radius 1 is 0.893 bits per heavy atom. The van der Waals surface area contributed by atoms with E-state index in [1.54, 1.807) is 11.1 Å². The van der Waals surface area contributed by atoms with Gasteiger partial charge in [-0.15, -0.1) is 0 Å². The number of rotatable bonds is 11.